The number of thioether (sulfide) groups is 2. The summed E-state index contributed by atoms with van der Waals surface area (Å²) in [5, 5.41) is 0. The predicted molar refractivity (Wildman–Crippen MR) is 99.2 cm³/mol. The van der Waals surface area contributed by atoms with Crippen molar-refractivity contribution in [2.24, 2.45) is 5.92 Å². The summed E-state index contributed by atoms with van der Waals surface area (Å²) < 4.78 is 6.24. The SMILES string of the molecule is CC1CCCN(C(=O)COc2ccc(C3SCCCS3)cc2)C1. The molecule has 2 aliphatic rings. The first-order chi connectivity index (χ1) is 11.2. The second-order valence-corrected chi connectivity index (χ2v) is 9.10. The highest BCUT2D eigenvalue weighted by Gasteiger charge is 2.21. The number of likely N-dealkylation sites (tertiary alicyclic amines) is 1. The molecule has 2 fully saturated rings. The van der Waals surface area contributed by atoms with E-state index in [-0.39, 0.29) is 12.5 Å². The molecule has 5 heteroatoms. The van der Waals surface area contributed by atoms with Gasteiger partial charge in [0, 0.05) is 13.1 Å². The molecule has 1 aromatic rings. The van der Waals surface area contributed by atoms with Crippen molar-refractivity contribution >= 4 is 29.4 Å². The Balaban J connectivity index is 1.49. The smallest absolute Gasteiger partial charge is 0.260 e. The summed E-state index contributed by atoms with van der Waals surface area (Å²) >= 11 is 4.04. The van der Waals surface area contributed by atoms with Crippen LogP contribution in [0.2, 0.25) is 0 Å². The van der Waals surface area contributed by atoms with Crippen LogP contribution in [-0.4, -0.2) is 42.0 Å². The zero-order valence-electron chi connectivity index (χ0n) is 13.7. The molecule has 3 rings (SSSR count). The lowest BCUT2D eigenvalue weighted by Gasteiger charge is -2.30. The third kappa shape index (κ3) is 4.83. The zero-order chi connectivity index (χ0) is 16.1. The van der Waals surface area contributed by atoms with Gasteiger partial charge in [0.15, 0.2) is 6.61 Å². The van der Waals surface area contributed by atoms with Crippen molar-refractivity contribution in [3.05, 3.63) is 29.8 Å². The second-order valence-electron chi connectivity index (χ2n) is 6.37. The Hall–Kier alpha value is -0.810. The molecule has 1 atom stereocenters. The quantitative estimate of drug-likeness (QED) is 0.813. The van der Waals surface area contributed by atoms with E-state index < -0.39 is 0 Å². The molecule has 1 amide bonds. The maximum Gasteiger partial charge on any atom is 0.260 e. The first-order valence-corrected chi connectivity index (χ1v) is 10.6. The Morgan fingerprint density at radius 2 is 1.96 bits per heavy atom. The van der Waals surface area contributed by atoms with Gasteiger partial charge < -0.3 is 9.64 Å². The number of carbonyl (C=O) groups is 1. The summed E-state index contributed by atoms with van der Waals surface area (Å²) in [6.45, 7) is 4.11. The largest absolute Gasteiger partial charge is 0.484 e. The van der Waals surface area contributed by atoms with E-state index in [9.17, 15) is 4.79 Å². The van der Waals surface area contributed by atoms with Gasteiger partial charge in [-0.05, 0) is 54.4 Å². The van der Waals surface area contributed by atoms with Crippen LogP contribution in [-0.2, 0) is 4.79 Å². The van der Waals surface area contributed by atoms with Crippen LogP contribution in [0.3, 0.4) is 0 Å². The van der Waals surface area contributed by atoms with Crippen molar-refractivity contribution < 1.29 is 9.53 Å². The fourth-order valence-corrected chi connectivity index (χ4v) is 5.95. The van der Waals surface area contributed by atoms with Crippen LogP contribution >= 0.6 is 23.5 Å². The molecule has 23 heavy (non-hydrogen) atoms. The summed E-state index contributed by atoms with van der Waals surface area (Å²) in [7, 11) is 0. The molecule has 0 radical (unpaired) electrons. The third-order valence-corrected chi connectivity index (χ3v) is 7.37. The van der Waals surface area contributed by atoms with E-state index in [0.717, 1.165) is 25.3 Å². The number of nitrogens with zero attached hydrogens (tertiary/aromatic N) is 1. The highest BCUT2D eigenvalue weighted by molar-refractivity contribution is 8.16. The fraction of sp³-hybridized carbons (Fsp3) is 0.611. The van der Waals surface area contributed by atoms with Gasteiger partial charge in [0.1, 0.15) is 5.75 Å². The van der Waals surface area contributed by atoms with E-state index >= 15 is 0 Å². The monoisotopic (exact) mass is 351 g/mol. The molecule has 1 aromatic carbocycles. The van der Waals surface area contributed by atoms with Crippen molar-refractivity contribution in [2.45, 2.75) is 30.8 Å². The van der Waals surface area contributed by atoms with E-state index in [1.165, 1.54) is 29.9 Å². The van der Waals surface area contributed by atoms with Crippen molar-refractivity contribution in [1.29, 1.82) is 0 Å². The van der Waals surface area contributed by atoms with Gasteiger partial charge in [-0.25, -0.2) is 0 Å². The summed E-state index contributed by atoms with van der Waals surface area (Å²) in [5.41, 5.74) is 1.35. The maximum atomic E-state index is 12.2. The fourth-order valence-electron chi connectivity index (χ4n) is 3.05. The maximum absolute atomic E-state index is 12.2. The zero-order valence-corrected chi connectivity index (χ0v) is 15.3. The molecule has 0 spiro atoms. The average molecular weight is 352 g/mol. The summed E-state index contributed by atoms with van der Waals surface area (Å²) in [6.07, 6.45) is 3.64. The van der Waals surface area contributed by atoms with Gasteiger partial charge in [-0.1, -0.05) is 19.1 Å². The minimum Gasteiger partial charge on any atom is -0.484 e. The number of amides is 1. The molecule has 2 aliphatic heterocycles. The van der Waals surface area contributed by atoms with Gasteiger partial charge in [-0.2, -0.15) is 0 Å². The highest BCUT2D eigenvalue weighted by Crippen LogP contribution is 2.43. The first-order valence-electron chi connectivity index (χ1n) is 8.46. The number of hydrogen-bond donors (Lipinski definition) is 0. The first kappa shape index (κ1) is 17.0. The van der Waals surface area contributed by atoms with E-state index in [1.54, 1.807) is 0 Å². The Morgan fingerprint density at radius 1 is 1.22 bits per heavy atom. The van der Waals surface area contributed by atoms with Crippen LogP contribution in [0.25, 0.3) is 0 Å². The standard InChI is InChI=1S/C18H25NO2S2/c1-14-4-2-9-19(12-14)17(20)13-21-16-7-5-15(6-8-16)18-22-10-3-11-23-18/h5-8,14,18H,2-4,9-13H2,1H3. The molecule has 3 nitrogen and oxygen atoms in total. The lowest BCUT2D eigenvalue weighted by molar-refractivity contribution is -0.135. The molecule has 126 valence electrons. The van der Waals surface area contributed by atoms with E-state index in [0.29, 0.717) is 10.5 Å². The van der Waals surface area contributed by atoms with Crippen molar-refractivity contribution in [3.8, 4) is 5.75 Å². The normalized spacial score (nSPS) is 22.8. The number of rotatable bonds is 4. The van der Waals surface area contributed by atoms with E-state index in [2.05, 4.69) is 19.1 Å². The van der Waals surface area contributed by atoms with Crippen LogP contribution in [0.4, 0.5) is 0 Å². The van der Waals surface area contributed by atoms with Crippen molar-refractivity contribution in [2.75, 3.05) is 31.2 Å². The molecule has 0 N–H and O–H groups in total. The number of ether oxygens (including phenoxy) is 1. The van der Waals surface area contributed by atoms with E-state index in [4.69, 9.17) is 4.74 Å². The van der Waals surface area contributed by atoms with Gasteiger partial charge in [0.05, 0.1) is 4.58 Å². The van der Waals surface area contributed by atoms with Gasteiger partial charge in [0.25, 0.3) is 5.91 Å². The molecule has 0 bridgehead atoms. The predicted octanol–water partition coefficient (Wildman–Crippen LogP) is 4.19. The van der Waals surface area contributed by atoms with Gasteiger partial charge >= 0.3 is 0 Å². The van der Waals surface area contributed by atoms with Crippen LogP contribution in [0, 0.1) is 5.92 Å². The number of benzene rings is 1. The van der Waals surface area contributed by atoms with Gasteiger partial charge in [0.2, 0.25) is 0 Å². The Labute approximate surface area is 147 Å². The van der Waals surface area contributed by atoms with Crippen LogP contribution < -0.4 is 4.74 Å². The van der Waals surface area contributed by atoms with Crippen molar-refractivity contribution in [3.63, 3.8) is 0 Å². The molecule has 1 unspecified atom stereocenters. The lowest BCUT2D eigenvalue weighted by Crippen LogP contribution is -2.41. The van der Waals surface area contributed by atoms with Crippen molar-refractivity contribution in [1.82, 2.24) is 4.90 Å². The molecular weight excluding hydrogens is 326 g/mol. The topological polar surface area (TPSA) is 29.5 Å². The molecule has 0 aliphatic carbocycles. The van der Waals surface area contributed by atoms with E-state index in [1.807, 2.05) is 40.6 Å². The Bertz CT molecular complexity index is 514. The number of carbonyl (C=O) groups excluding carboxylic acids is 1. The molecule has 2 saturated heterocycles. The lowest BCUT2D eigenvalue weighted by atomic mass is 10.0. The van der Waals surface area contributed by atoms with Gasteiger partial charge in [-0.15, -0.1) is 23.5 Å². The number of piperidine rings is 1. The molecular formula is C18H25NO2S2. The Morgan fingerprint density at radius 3 is 2.65 bits per heavy atom. The Kier molecular flexibility index (Phi) is 6.17. The minimum atomic E-state index is 0.110. The molecule has 0 saturated carbocycles. The molecule has 0 aromatic heterocycles. The second kappa shape index (κ2) is 8.34. The van der Waals surface area contributed by atoms with Crippen LogP contribution in [0.1, 0.15) is 36.3 Å². The average Bonchev–Trinajstić information content (AvgIpc) is 2.61. The van der Waals surface area contributed by atoms with Crippen LogP contribution in [0.15, 0.2) is 24.3 Å². The third-order valence-electron chi connectivity index (χ3n) is 4.35. The number of hydrogen-bond acceptors (Lipinski definition) is 4. The highest BCUT2D eigenvalue weighted by atomic mass is 32.2. The summed E-state index contributed by atoms with van der Waals surface area (Å²) in [4.78, 5) is 14.2. The molecule has 2 heterocycles. The summed E-state index contributed by atoms with van der Waals surface area (Å²) in [5.74, 6) is 4.01. The minimum absolute atomic E-state index is 0.110. The summed E-state index contributed by atoms with van der Waals surface area (Å²) in [6, 6.07) is 8.27. The van der Waals surface area contributed by atoms with Crippen LogP contribution in [0.5, 0.6) is 5.75 Å². The van der Waals surface area contributed by atoms with Gasteiger partial charge in [-0.3, -0.25) is 4.79 Å².